The molecule has 1 fully saturated rings. The number of piperazine rings is 1. The fourth-order valence-electron chi connectivity index (χ4n) is 5.44. The largest absolute Gasteiger partial charge is 0.364 e. The van der Waals surface area contributed by atoms with E-state index >= 15 is 0 Å². The lowest BCUT2D eigenvalue weighted by Crippen LogP contribution is -2.58. The highest BCUT2D eigenvalue weighted by Crippen LogP contribution is 2.34. The van der Waals surface area contributed by atoms with Crippen molar-refractivity contribution in [1.82, 2.24) is 28.6 Å². The number of nitrogens with zero attached hydrogens (tertiary/aromatic N) is 8. The molecule has 0 spiro atoms. The molecule has 1 aliphatic heterocycles. The summed E-state index contributed by atoms with van der Waals surface area (Å²) in [6.07, 6.45) is 9.66. The van der Waals surface area contributed by atoms with E-state index in [1.807, 2.05) is 12.5 Å². The predicted molar refractivity (Wildman–Crippen MR) is 136 cm³/mol. The lowest BCUT2D eigenvalue weighted by Gasteiger charge is -2.49. The molecule has 4 aromatic heterocycles. The van der Waals surface area contributed by atoms with Crippen LogP contribution in [0.5, 0.6) is 0 Å². The van der Waals surface area contributed by atoms with Crippen molar-refractivity contribution in [3.8, 4) is 6.07 Å². The minimum Gasteiger partial charge on any atom is -0.364 e. The van der Waals surface area contributed by atoms with Crippen molar-refractivity contribution >= 4 is 22.2 Å². The second-order valence-corrected chi connectivity index (χ2v) is 9.48. The third kappa shape index (κ3) is 3.98. The molecule has 0 radical (unpaired) electrons. The van der Waals surface area contributed by atoms with Crippen LogP contribution in [0.2, 0.25) is 0 Å². The van der Waals surface area contributed by atoms with Gasteiger partial charge in [-0.1, -0.05) is 19.9 Å². The number of rotatable bonds is 6. The van der Waals surface area contributed by atoms with Gasteiger partial charge in [0, 0.05) is 50.5 Å². The van der Waals surface area contributed by atoms with E-state index in [0.29, 0.717) is 6.04 Å². The molecule has 0 N–H and O–H groups in total. The van der Waals surface area contributed by atoms with Gasteiger partial charge < -0.3 is 13.9 Å². The van der Waals surface area contributed by atoms with Gasteiger partial charge in [-0.2, -0.15) is 10.4 Å². The van der Waals surface area contributed by atoms with Gasteiger partial charge in [0.2, 0.25) is 0 Å². The molecule has 35 heavy (non-hydrogen) atoms. The zero-order chi connectivity index (χ0) is 24.7. The van der Waals surface area contributed by atoms with Gasteiger partial charge in [0.05, 0.1) is 41.5 Å². The molecule has 9 nitrogen and oxygen atoms in total. The number of imidazole rings is 1. The Balaban J connectivity index is 1.51. The van der Waals surface area contributed by atoms with Crippen LogP contribution < -0.4 is 10.5 Å². The molecule has 0 saturated carbocycles. The number of hydrogen-bond donors (Lipinski definition) is 0. The smallest absolute Gasteiger partial charge is 0.252 e. The highest BCUT2D eigenvalue weighted by atomic mass is 16.1. The standard InChI is InChI=1S/C26H32N8O/c1-5-20-15-34(23-11-25(35)30(4)24-16-32(10-9-27)29-26(23)24)21(6-2)14-33(20)18(3)19-7-8-22-12-28-17-31(22)13-19/h7-8,11-13,16-18,20-21H,5-6,10,14-15H2,1-4H3/t18-,20+,21-/m0/s1. The first-order valence-corrected chi connectivity index (χ1v) is 12.3. The van der Waals surface area contributed by atoms with Crippen molar-refractivity contribution in [2.75, 3.05) is 18.0 Å². The average Bonchev–Trinajstić information content (AvgIpc) is 3.52. The fraction of sp³-hybridized carbons (Fsp3) is 0.462. The Hall–Kier alpha value is -3.64. The van der Waals surface area contributed by atoms with Crippen LogP contribution in [0.1, 0.15) is 45.2 Å². The Morgan fingerprint density at radius 3 is 2.71 bits per heavy atom. The van der Waals surface area contributed by atoms with E-state index in [0.717, 1.165) is 48.2 Å². The summed E-state index contributed by atoms with van der Waals surface area (Å²) in [7, 11) is 1.76. The molecule has 4 aromatic rings. The lowest BCUT2D eigenvalue weighted by molar-refractivity contribution is 0.101. The van der Waals surface area contributed by atoms with E-state index in [-0.39, 0.29) is 24.2 Å². The quantitative estimate of drug-likeness (QED) is 0.428. The first-order chi connectivity index (χ1) is 16.9. The van der Waals surface area contributed by atoms with E-state index in [2.05, 4.69) is 64.4 Å². The van der Waals surface area contributed by atoms with E-state index in [1.165, 1.54) is 5.56 Å². The van der Waals surface area contributed by atoms with Crippen LogP contribution in [0.15, 0.2) is 47.9 Å². The number of anilines is 1. The molecule has 3 atom stereocenters. The summed E-state index contributed by atoms with van der Waals surface area (Å²) in [6.45, 7) is 8.59. The third-order valence-corrected chi connectivity index (χ3v) is 7.57. The van der Waals surface area contributed by atoms with Crippen molar-refractivity contribution in [3.63, 3.8) is 0 Å². The molecule has 0 aliphatic carbocycles. The molecular formula is C26H32N8O. The topological polar surface area (TPSA) is 87.4 Å². The van der Waals surface area contributed by atoms with E-state index in [4.69, 9.17) is 10.4 Å². The van der Waals surface area contributed by atoms with Gasteiger partial charge in [0.25, 0.3) is 5.56 Å². The Labute approximate surface area is 204 Å². The summed E-state index contributed by atoms with van der Waals surface area (Å²) in [4.78, 5) is 22.1. The van der Waals surface area contributed by atoms with Gasteiger partial charge in [-0.15, -0.1) is 0 Å². The molecule has 0 amide bonds. The maximum atomic E-state index is 12.9. The van der Waals surface area contributed by atoms with Crippen LogP contribution in [-0.4, -0.2) is 53.8 Å². The zero-order valence-electron chi connectivity index (χ0n) is 20.8. The summed E-state index contributed by atoms with van der Waals surface area (Å²) in [5.41, 5.74) is 4.71. The molecule has 5 heterocycles. The Bertz CT molecular complexity index is 1460. The fourth-order valence-corrected chi connectivity index (χ4v) is 5.44. The highest BCUT2D eigenvalue weighted by Gasteiger charge is 2.36. The lowest BCUT2D eigenvalue weighted by atomic mass is 9.97. The second-order valence-electron chi connectivity index (χ2n) is 9.48. The number of nitriles is 1. The molecule has 182 valence electrons. The van der Waals surface area contributed by atoms with Crippen molar-refractivity contribution in [1.29, 1.82) is 5.26 Å². The van der Waals surface area contributed by atoms with Crippen LogP contribution in [0.3, 0.4) is 0 Å². The molecule has 0 bridgehead atoms. The van der Waals surface area contributed by atoms with Crippen LogP contribution in [0.4, 0.5) is 5.69 Å². The first kappa shape index (κ1) is 23.1. The minimum absolute atomic E-state index is 0.0589. The number of pyridine rings is 2. The second kappa shape index (κ2) is 9.19. The van der Waals surface area contributed by atoms with Gasteiger partial charge in [0.15, 0.2) is 0 Å². The SMILES string of the molecule is CC[C@H]1CN([C@@H](C)c2ccc3cncn3c2)[C@H](CC)CN1c1cc(=O)n(C)c2cn(CC#N)nc12. The Morgan fingerprint density at radius 2 is 1.97 bits per heavy atom. The summed E-state index contributed by atoms with van der Waals surface area (Å²) >= 11 is 0. The van der Waals surface area contributed by atoms with E-state index < -0.39 is 0 Å². The van der Waals surface area contributed by atoms with Crippen LogP contribution in [0, 0.1) is 11.3 Å². The van der Waals surface area contributed by atoms with E-state index in [1.54, 1.807) is 28.6 Å². The Morgan fingerprint density at radius 1 is 1.17 bits per heavy atom. The number of hydrogen-bond acceptors (Lipinski definition) is 6. The molecule has 0 aromatic carbocycles. The van der Waals surface area contributed by atoms with Crippen molar-refractivity contribution in [2.45, 2.75) is 58.3 Å². The van der Waals surface area contributed by atoms with Gasteiger partial charge in [0.1, 0.15) is 12.1 Å². The monoisotopic (exact) mass is 472 g/mol. The first-order valence-electron chi connectivity index (χ1n) is 12.3. The maximum Gasteiger partial charge on any atom is 0.252 e. The third-order valence-electron chi connectivity index (χ3n) is 7.57. The molecular weight excluding hydrogens is 440 g/mol. The maximum absolute atomic E-state index is 12.9. The van der Waals surface area contributed by atoms with Gasteiger partial charge in [-0.25, -0.2) is 4.98 Å². The van der Waals surface area contributed by atoms with Crippen LogP contribution in [0.25, 0.3) is 16.6 Å². The van der Waals surface area contributed by atoms with Crippen molar-refractivity contribution < 1.29 is 0 Å². The predicted octanol–water partition coefficient (Wildman–Crippen LogP) is 3.35. The Kier molecular flexibility index (Phi) is 6.07. The van der Waals surface area contributed by atoms with Gasteiger partial charge >= 0.3 is 0 Å². The molecule has 5 rings (SSSR count). The molecule has 1 aliphatic rings. The van der Waals surface area contributed by atoms with Crippen LogP contribution in [-0.2, 0) is 13.6 Å². The number of fused-ring (bicyclic) bond motifs is 2. The van der Waals surface area contributed by atoms with Crippen molar-refractivity contribution in [2.24, 2.45) is 7.05 Å². The van der Waals surface area contributed by atoms with E-state index in [9.17, 15) is 4.79 Å². The van der Waals surface area contributed by atoms with Crippen molar-refractivity contribution in [3.05, 3.63) is 59.0 Å². The summed E-state index contributed by atoms with van der Waals surface area (Å²) in [5.74, 6) is 0. The summed E-state index contributed by atoms with van der Waals surface area (Å²) in [6, 6.07) is 9.01. The average molecular weight is 473 g/mol. The normalized spacial score (nSPS) is 19.9. The summed E-state index contributed by atoms with van der Waals surface area (Å²) < 4.78 is 5.31. The van der Waals surface area contributed by atoms with Gasteiger partial charge in [-0.05, 0) is 31.4 Å². The van der Waals surface area contributed by atoms with Crippen LogP contribution >= 0.6 is 0 Å². The number of aryl methyl sites for hydroxylation is 1. The minimum atomic E-state index is -0.0589. The van der Waals surface area contributed by atoms with Gasteiger partial charge in [-0.3, -0.25) is 14.4 Å². The molecule has 1 saturated heterocycles. The number of aromatic nitrogens is 5. The highest BCUT2D eigenvalue weighted by molar-refractivity contribution is 5.88. The molecule has 0 unspecified atom stereocenters. The molecule has 9 heteroatoms. The summed E-state index contributed by atoms with van der Waals surface area (Å²) in [5, 5.41) is 13.8. The zero-order valence-corrected chi connectivity index (χ0v) is 20.8.